The number of carbonyl (C=O) groups excluding carboxylic acids is 4. The van der Waals surface area contributed by atoms with Gasteiger partial charge in [-0.3, -0.25) is 20.4 Å². The monoisotopic (exact) mass is 787 g/mol. The third-order valence-corrected chi connectivity index (χ3v) is 10.6. The predicted molar refractivity (Wildman–Crippen MR) is 215 cm³/mol. The highest BCUT2D eigenvalue weighted by Gasteiger charge is 2.43. The summed E-state index contributed by atoms with van der Waals surface area (Å²) in [5.74, 6) is 0.0654. The molecule has 12 nitrogen and oxygen atoms in total. The van der Waals surface area contributed by atoms with Gasteiger partial charge >= 0.3 is 18.3 Å². The molecule has 2 aliphatic rings. The van der Waals surface area contributed by atoms with Gasteiger partial charge in [0.1, 0.15) is 24.9 Å². The van der Waals surface area contributed by atoms with E-state index in [1.165, 1.54) is 0 Å². The van der Waals surface area contributed by atoms with Crippen molar-refractivity contribution in [1.82, 2.24) is 20.9 Å². The van der Waals surface area contributed by atoms with Gasteiger partial charge < -0.3 is 24.4 Å². The zero-order chi connectivity index (χ0) is 40.0. The maximum atomic E-state index is 14.2. The molecule has 1 saturated carbocycles. The van der Waals surface area contributed by atoms with Gasteiger partial charge in [0.15, 0.2) is 0 Å². The summed E-state index contributed by atoms with van der Waals surface area (Å²) >= 11 is 6.12. The number of aliphatic imine (C=N–C) groups is 1. The first kappa shape index (κ1) is 42.1. The van der Waals surface area contributed by atoms with Crippen LogP contribution < -0.4 is 16.0 Å². The normalized spacial score (nSPS) is 16.1. The number of alkyl carbamates (subject to hydrolysis) is 3. The Morgan fingerprint density at radius 3 is 1.82 bits per heavy atom. The van der Waals surface area contributed by atoms with E-state index in [4.69, 9.17) is 30.8 Å². The third kappa shape index (κ3) is 13.3. The number of halogens is 1. The molecule has 56 heavy (non-hydrogen) atoms. The summed E-state index contributed by atoms with van der Waals surface area (Å²) in [6.45, 7) is 6.61. The van der Waals surface area contributed by atoms with E-state index in [0.717, 1.165) is 48.8 Å². The second kappa shape index (κ2) is 20.2. The molecule has 0 radical (unpaired) electrons. The van der Waals surface area contributed by atoms with Crippen molar-refractivity contribution in [3.8, 4) is 0 Å². The van der Waals surface area contributed by atoms with Crippen LogP contribution >= 0.6 is 11.6 Å². The van der Waals surface area contributed by atoms with Gasteiger partial charge in [0.2, 0.25) is 11.9 Å². The first-order valence-electron chi connectivity index (χ1n) is 19.4. The summed E-state index contributed by atoms with van der Waals surface area (Å²) in [4.78, 5) is 59.7. The fraction of sp³-hybridized carbons (Fsp3) is 0.465. The number of amides is 4. The van der Waals surface area contributed by atoms with Crippen molar-refractivity contribution >= 4 is 41.7 Å². The van der Waals surface area contributed by atoms with Crippen LogP contribution in [-0.4, -0.2) is 66.3 Å². The lowest BCUT2D eigenvalue weighted by Gasteiger charge is -2.47. The molecule has 5 rings (SSSR count). The second-order valence-electron chi connectivity index (χ2n) is 15.6. The van der Waals surface area contributed by atoms with E-state index >= 15 is 0 Å². The van der Waals surface area contributed by atoms with E-state index in [0.29, 0.717) is 43.4 Å². The van der Waals surface area contributed by atoms with Gasteiger partial charge in [0.05, 0.1) is 0 Å². The summed E-state index contributed by atoms with van der Waals surface area (Å²) < 4.78 is 16.4. The third-order valence-electron chi connectivity index (χ3n) is 10.3. The zero-order valence-corrected chi connectivity index (χ0v) is 33.3. The molecule has 1 aliphatic heterocycles. The van der Waals surface area contributed by atoms with E-state index < -0.39 is 29.9 Å². The minimum Gasteiger partial charge on any atom is -0.444 e. The fourth-order valence-electron chi connectivity index (χ4n) is 7.37. The van der Waals surface area contributed by atoms with Crippen molar-refractivity contribution < 1.29 is 33.4 Å². The lowest BCUT2D eigenvalue weighted by molar-refractivity contribution is -0.136. The quantitative estimate of drug-likeness (QED) is 0.101. The highest BCUT2D eigenvalue weighted by Crippen LogP contribution is 2.46. The molecule has 2 fully saturated rings. The van der Waals surface area contributed by atoms with Gasteiger partial charge in [-0.25, -0.2) is 14.4 Å². The average molecular weight is 788 g/mol. The van der Waals surface area contributed by atoms with Crippen molar-refractivity contribution in [2.45, 2.75) is 97.0 Å². The Morgan fingerprint density at radius 2 is 1.30 bits per heavy atom. The van der Waals surface area contributed by atoms with Crippen LogP contribution in [0.3, 0.4) is 0 Å². The molecule has 0 unspecified atom stereocenters. The Morgan fingerprint density at radius 1 is 0.768 bits per heavy atom. The molecule has 3 aromatic carbocycles. The summed E-state index contributed by atoms with van der Waals surface area (Å²) in [5, 5.41) is 8.67. The Hall–Kier alpha value is -5.10. The first-order valence-corrected chi connectivity index (χ1v) is 19.8. The minimum absolute atomic E-state index is 0.0378. The SMILES string of the molecule is CC(C)(C)OC(=O)N[C@@H](Cc1ccc(Cl)cc1)C(=O)N1CCC(CN=C(NC(=O)OCc2ccccc2)NC(=O)OCc2ccccc2)(C2CCCCC2)CC1. The van der Waals surface area contributed by atoms with Crippen LogP contribution in [0, 0.1) is 11.3 Å². The highest BCUT2D eigenvalue weighted by atomic mass is 35.5. The summed E-state index contributed by atoms with van der Waals surface area (Å²) in [6.07, 6.45) is 4.78. The van der Waals surface area contributed by atoms with Crippen LogP contribution in [0.1, 0.15) is 82.4 Å². The van der Waals surface area contributed by atoms with Crippen LogP contribution in [0.4, 0.5) is 14.4 Å². The number of likely N-dealkylation sites (tertiary alicyclic amines) is 1. The van der Waals surface area contributed by atoms with Crippen LogP contribution in [0.25, 0.3) is 0 Å². The Balaban J connectivity index is 1.32. The van der Waals surface area contributed by atoms with Crippen LogP contribution in [0.2, 0.25) is 5.02 Å². The summed E-state index contributed by atoms with van der Waals surface area (Å²) in [5.41, 5.74) is 1.43. The lowest BCUT2D eigenvalue weighted by Crippen LogP contribution is -2.55. The maximum absolute atomic E-state index is 14.2. The van der Waals surface area contributed by atoms with Gasteiger partial charge in [0, 0.05) is 31.1 Å². The van der Waals surface area contributed by atoms with Gasteiger partial charge in [-0.05, 0) is 86.6 Å². The largest absolute Gasteiger partial charge is 0.444 e. The smallest absolute Gasteiger partial charge is 0.414 e. The molecule has 0 spiro atoms. The number of benzene rings is 3. The van der Waals surface area contributed by atoms with Gasteiger partial charge in [-0.2, -0.15) is 0 Å². The number of nitrogens with one attached hydrogen (secondary N) is 3. The zero-order valence-electron chi connectivity index (χ0n) is 32.6. The van der Waals surface area contributed by atoms with E-state index in [1.807, 2.05) is 77.7 Å². The van der Waals surface area contributed by atoms with Crippen molar-refractivity contribution in [3.63, 3.8) is 0 Å². The molecule has 0 bridgehead atoms. The fourth-order valence-corrected chi connectivity index (χ4v) is 7.49. The predicted octanol–water partition coefficient (Wildman–Crippen LogP) is 8.17. The number of hydrogen-bond donors (Lipinski definition) is 3. The van der Waals surface area contributed by atoms with E-state index in [1.54, 1.807) is 32.9 Å². The molecule has 4 amide bonds. The van der Waals surface area contributed by atoms with E-state index in [9.17, 15) is 19.2 Å². The number of piperidine rings is 1. The molecular formula is C43H54ClN5O7. The molecule has 13 heteroatoms. The Labute approximate surface area is 334 Å². The molecule has 0 aromatic heterocycles. The molecule has 3 aromatic rings. The molecule has 1 heterocycles. The summed E-state index contributed by atoms with van der Waals surface area (Å²) in [7, 11) is 0. The standard InChI is InChI=1S/C43H54ClN5O7/c1-42(2,3)56-41(53)46-36(27-31-19-21-35(44)22-20-31)37(50)49-25-23-43(24-26-49,34-17-11-6-12-18-34)30-45-38(47-39(51)54-28-32-13-7-4-8-14-32)48-40(52)55-29-33-15-9-5-10-16-33/h4-5,7-10,13-16,19-22,34,36H,6,11-12,17-18,23-30H2,1-3H3,(H,46,53)(H2,45,47,48,51,52)/t36-/m0/s1. The van der Waals surface area contributed by atoms with E-state index in [2.05, 4.69) is 16.0 Å². The molecule has 1 saturated heterocycles. The molecular weight excluding hydrogens is 734 g/mol. The average Bonchev–Trinajstić information content (AvgIpc) is 3.19. The first-order chi connectivity index (χ1) is 26.9. The van der Waals surface area contributed by atoms with Gasteiger partial charge in [-0.15, -0.1) is 0 Å². The number of nitrogens with zero attached hydrogens (tertiary/aromatic N) is 2. The second-order valence-corrected chi connectivity index (χ2v) is 16.0. The Kier molecular flexibility index (Phi) is 15.2. The van der Waals surface area contributed by atoms with Crippen molar-refractivity contribution in [1.29, 1.82) is 0 Å². The summed E-state index contributed by atoms with van der Waals surface area (Å²) in [6, 6.07) is 24.9. The van der Waals surface area contributed by atoms with Gasteiger partial charge in [-0.1, -0.05) is 104 Å². The highest BCUT2D eigenvalue weighted by molar-refractivity contribution is 6.30. The molecule has 3 N–H and O–H groups in total. The van der Waals surface area contributed by atoms with E-state index in [-0.39, 0.29) is 36.9 Å². The molecule has 1 atom stereocenters. The lowest BCUT2D eigenvalue weighted by atomic mass is 9.63. The topological polar surface area (TPSA) is 148 Å². The van der Waals surface area contributed by atoms with Crippen molar-refractivity contribution in [2.24, 2.45) is 16.3 Å². The number of hydrogen-bond acceptors (Lipinski definition) is 8. The van der Waals surface area contributed by atoms with Crippen molar-refractivity contribution in [2.75, 3.05) is 19.6 Å². The maximum Gasteiger partial charge on any atom is 0.414 e. The Bertz CT molecular complexity index is 1710. The number of ether oxygens (including phenoxy) is 3. The number of carbonyl (C=O) groups is 4. The molecule has 1 aliphatic carbocycles. The molecule has 300 valence electrons. The number of guanidine groups is 1. The minimum atomic E-state index is -0.852. The van der Waals surface area contributed by atoms with Crippen LogP contribution in [-0.2, 0) is 38.6 Å². The van der Waals surface area contributed by atoms with Crippen LogP contribution in [0.15, 0.2) is 89.9 Å². The van der Waals surface area contributed by atoms with Crippen LogP contribution in [0.5, 0.6) is 0 Å². The van der Waals surface area contributed by atoms with Crippen molar-refractivity contribution in [3.05, 3.63) is 107 Å². The van der Waals surface area contributed by atoms with Gasteiger partial charge in [0.25, 0.3) is 0 Å². The number of rotatable bonds is 11.